The van der Waals surface area contributed by atoms with Crippen molar-refractivity contribution in [1.29, 1.82) is 0 Å². The van der Waals surface area contributed by atoms with E-state index in [-0.39, 0.29) is 18.3 Å². The number of hydrogen-bond donors (Lipinski definition) is 1. The number of rotatable bonds is 5. The van der Waals surface area contributed by atoms with Gasteiger partial charge in [0.25, 0.3) is 0 Å². The molecule has 1 saturated carbocycles. The van der Waals surface area contributed by atoms with Gasteiger partial charge in [-0.3, -0.25) is 4.90 Å². The number of ether oxygens (including phenoxy) is 1. The molecule has 1 aliphatic carbocycles. The molecule has 0 spiro atoms. The number of likely N-dealkylation sites (N-methyl/N-ethyl adjacent to an activating group) is 1. The minimum absolute atomic E-state index is 0.162. The van der Waals surface area contributed by atoms with Crippen LogP contribution in [-0.4, -0.2) is 30.9 Å². The van der Waals surface area contributed by atoms with E-state index in [4.69, 9.17) is 5.73 Å². The Morgan fingerprint density at radius 2 is 1.90 bits per heavy atom. The van der Waals surface area contributed by atoms with E-state index in [1.165, 1.54) is 12.1 Å². The quantitative estimate of drug-likeness (QED) is 0.905. The van der Waals surface area contributed by atoms with Crippen molar-refractivity contribution in [3.8, 4) is 5.75 Å². The Kier molecular flexibility index (Phi) is 5.11. The average molecular weight is 302 g/mol. The molecular formula is C15H21F3N2O. The molecule has 0 radical (unpaired) electrons. The van der Waals surface area contributed by atoms with Gasteiger partial charge in [-0.15, -0.1) is 13.2 Å². The minimum Gasteiger partial charge on any atom is -0.405 e. The smallest absolute Gasteiger partial charge is 0.405 e. The van der Waals surface area contributed by atoms with Crippen LogP contribution in [0.5, 0.6) is 5.75 Å². The molecule has 21 heavy (non-hydrogen) atoms. The van der Waals surface area contributed by atoms with E-state index in [0.717, 1.165) is 25.7 Å². The normalized spacial score (nSPS) is 18.2. The van der Waals surface area contributed by atoms with Crippen molar-refractivity contribution < 1.29 is 17.9 Å². The number of hydrogen-bond acceptors (Lipinski definition) is 3. The summed E-state index contributed by atoms with van der Waals surface area (Å²) in [4.78, 5) is 2.09. The molecule has 118 valence electrons. The van der Waals surface area contributed by atoms with Gasteiger partial charge in [-0.25, -0.2) is 0 Å². The fraction of sp³-hybridized carbons (Fsp3) is 0.600. The van der Waals surface area contributed by atoms with Crippen LogP contribution in [0.15, 0.2) is 24.3 Å². The highest BCUT2D eigenvalue weighted by Crippen LogP contribution is 2.35. The lowest BCUT2D eigenvalue weighted by atomic mass is 10.0. The highest BCUT2D eigenvalue weighted by atomic mass is 19.4. The van der Waals surface area contributed by atoms with E-state index in [1.54, 1.807) is 12.1 Å². The van der Waals surface area contributed by atoms with Gasteiger partial charge in [0.2, 0.25) is 0 Å². The van der Waals surface area contributed by atoms with Gasteiger partial charge in [0, 0.05) is 18.2 Å². The summed E-state index contributed by atoms with van der Waals surface area (Å²) in [7, 11) is 1.93. The molecule has 0 saturated heterocycles. The van der Waals surface area contributed by atoms with Crippen molar-refractivity contribution in [2.75, 3.05) is 13.6 Å². The molecule has 2 N–H and O–H groups in total. The number of nitrogens with two attached hydrogens (primary N) is 1. The van der Waals surface area contributed by atoms with E-state index < -0.39 is 6.36 Å². The first-order valence-corrected chi connectivity index (χ1v) is 7.19. The predicted octanol–water partition coefficient (Wildman–Crippen LogP) is 3.46. The third-order valence-electron chi connectivity index (χ3n) is 4.12. The summed E-state index contributed by atoms with van der Waals surface area (Å²) in [5, 5.41) is 0. The van der Waals surface area contributed by atoms with Crippen LogP contribution in [0.4, 0.5) is 13.2 Å². The summed E-state index contributed by atoms with van der Waals surface area (Å²) in [6.45, 7) is 0.255. The first-order valence-electron chi connectivity index (χ1n) is 7.19. The Morgan fingerprint density at radius 3 is 2.48 bits per heavy atom. The van der Waals surface area contributed by atoms with Crippen molar-refractivity contribution in [1.82, 2.24) is 4.90 Å². The van der Waals surface area contributed by atoms with Crippen LogP contribution in [0.1, 0.15) is 37.3 Å². The van der Waals surface area contributed by atoms with Crippen LogP contribution in [0.25, 0.3) is 0 Å². The lowest BCUT2D eigenvalue weighted by molar-refractivity contribution is -0.275. The van der Waals surface area contributed by atoms with Crippen molar-refractivity contribution in [2.24, 2.45) is 5.73 Å². The van der Waals surface area contributed by atoms with Gasteiger partial charge in [-0.05, 0) is 26.0 Å². The summed E-state index contributed by atoms with van der Waals surface area (Å²) < 4.78 is 41.7. The van der Waals surface area contributed by atoms with E-state index in [2.05, 4.69) is 9.64 Å². The maximum atomic E-state index is 12.5. The summed E-state index contributed by atoms with van der Waals surface area (Å²) in [6.07, 6.45) is -0.244. The predicted molar refractivity (Wildman–Crippen MR) is 74.9 cm³/mol. The molecule has 1 aliphatic rings. The maximum Gasteiger partial charge on any atom is 0.573 e. The summed E-state index contributed by atoms with van der Waals surface area (Å²) in [5.41, 5.74) is 6.32. The molecule has 0 aliphatic heterocycles. The number of para-hydroxylation sites is 1. The number of alkyl halides is 3. The van der Waals surface area contributed by atoms with Gasteiger partial charge in [0.05, 0.1) is 6.04 Å². The monoisotopic (exact) mass is 302 g/mol. The van der Waals surface area contributed by atoms with Gasteiger partial charge >= 0.3 is 6.36 Å². The van der Waals surface area contributed by atoms with Crippen molar-refractivity contribution in [3.05, 3.63) is 29.8 Å². The molecule has 2 rings (SSSR count). The molecule has 1 atom stereocenters. The molecule has 1 aromatic rings. The molecule has 0 aromatic heterocycles. The molecule has 0 heterocycles. The van der Waals surface area contributed by atoms with E-state index in [9.17, 15) is 13.2 Å². The van der Waals surface area contributed by atoms with Gasteiger partial charge in [0.1, 0.15) is 5.75 Å². The molecule has 1 fully saturated rings. The van der Waals surface area contributed by atoms with E-state index in [1.807, 2.05) is 7.05 Å². The zero-order chi connectivity index (χ0) is 15.5. The van der Waals surface area contributed by atoms with Gasteiger partial charge < -0.3 is 10.5 Å². The highest BCUT2D eigenvalue weighted by Gasteiger charge is 2.34. The SMILES string of the molecule is CN(C1CCCC1)C(CN)c1ccccc1OC(F)(F)F. The average Bonchev–Trinajstić information content (AvgIpc) is 2.93. The van der Waals surface area contributed by atoms with E-state index in [0.29, 0.717) is 11.6 Å². The van der Waals surface area contributed by atoms with Crippen LogP contribution >= 0.6 is 0 Å². The Balaban J connectivity index is 2.24. The van der Waals surface area contributed by atoms with Crippen molar-refractivity contribution in [2.45, 2.75) is 44.1 Å². The molecule has 6 heteroatoms. The number of nitrogens with zero attached hydrogens (tertiary/aromatic N) is 1. The topological polar surface area (TPSA) is 38.5 Å². The second-order valence-electron chi connectivity index (χ2n) is 5.44. The fourth-order valence-electron chi connectivity index (χ4n) is 3.05. The first kappa shape index (κ1) is 16.1. The summed E-state index contributed by atoms with van der Waals surface area (Å²) in [6, 6.07) is 6.35. The lowest BCUT2D eigenvalue weighted by Crippen LogP contribution is -2.37. The molecule has 0 amide bonds. The second-order valence-corrected chi connectivity index (χ2v) is 5.44. The van der Waals surface area contributed by atoms with Crippen LogP contribution in [-0.2, 0) is 0 Å². The van der Waals surface area contributed by atoms with Gasteiger partial charge in [0.15, 0.2) is 0 Å². The molecule has 3 nitrogen and oxygen atoms in total. The third-order valence-corrected chi connectivity index (χ3v) is 4.12. The van der Waals surface area contributed by atoms with Crippen LogP contribution in [0.3, 0.4) is 0 Å². The molecular weight excluding hydrogens is 281 g/mol. The van der Waals surface area contributed by atoms with E-state index >= 15 is 0 Å². The van der Waals surface area contributed by atoms with Crippen molar-refractivity contribution >= 4 is 0 Å². The lowest BCUT2D eigenvalue weighted by Gasteiger charge is -2.33. The maximum absolute atomic E-state index is 12.5. The molecule has 1 unspecified atom stereocenters. The minimum atomic E-state index is -4.69. The number of benzene rings is 1. The zero-order valence-electron chi connectivity index (χ0n) is 12.1. The Morgan fingerprint density at radius 1 is 1.29 bits per heavy atom. The number of halogens is 3. The van der Waals surface area contributed by atoms with Gasteiger partial charge in [-0.1, -0.05) is 31.0 Å². The van der Waals surface area contributed by atoms with Crippen molar-refractivity contribution in [3.63, 3.8) is 0 Å². The molecule has 1 aromatic carbocycles. The zero-order valence-corrected chi connectivity index (χ0v) is 12.1. The first-order chi connectivity index (χ1) is 9.92. The fourth-order valence-corrected chi connectivity index (χ4v) is 3.05. The van der Waals surface area contributed by atoms with Crippen LogP contribution < -0.4 is 10.5 Å². The Labute approximate surface area is 122 Å². The second kappa shape index (κ2) is 6.66. The largest absolute Gasteiger partial charge is 0.573 e. The highest BCUT2D eigenvalue weighted by molar-refractivity contribution is 5.36. The molecule has 0 bridgehead atoms. The Bertz CT molecular complexity index is 458. The Hall–Kier alpha value is -1.27. The van der Waals surface area contributed by atoms with Gasteiger partial charge in [-0.2, -0.15) is 0 Å². The summed E-state index contributed by atoms with van der Waals surface area (Å²) >= 11 is 0. The standard InChI is InChI=1S/C15H21F3N2O/c1-20(11-6-2-3-7-11)13(10-19)12-8-4-5-9-14(12)21-15(16,17)18/h4-5,8-9,11,13H,2-3,6-7,10,19H2,1H3. The summed E-state index contributed by atoms with van der Waals surface area (Å²) in [5.74, 6) is -0.162. The third kappa shape index (κ3) is 4.11. The van der Waals surface area contributed by atoms with Crippen LogP contribution in [0.2, 0.25) is 0 Å². The van der Waals surface area contributed by atoms with Crippen LogP contribution in [0, 0.1) is 0 Å².